The molecule has 0 aliphatic carbocycles. The summed E-state index contributed by atoms with van der Waals surface area (Å²) in [6.45, 7) is 2.23. The molecule has 0 aliphatic heterocycles. The number of pyridine rings is 1. The lowest BCUT2D eigenvalue weighted by Gasteiger charge is -2.14. The van der Waals surface area contributed by atoms with Gasteiger partial charge in [-0.3, -0.25) is 0 Å². The number of nitrogens with one attached hydrogen (secondary N) is 1. The second-order valence-electron chi connectivity index (χ2n) is 4.27. The number of nitrogens with zero attached hydrogens (tertiary/aromatic N) is 4. The van der Waals surface area contributed by atoms with Crippen LogP contribution in [-0.2, 0) is 16.6 Å². The van der Waals surface area contributed by atoms with Crippen molar-refractivity contribution in [3.8, 4) is 6.07 Å². The number of aromatic nitrogens is 3. The third-order valence-electron chi connectivity index (χ3n) is 2.56. The minimum Gasteiger partial charge on any atom is -0.336 e. The highest BCUT2D eigenvalue weighted by Gasteiger charge is 2.17. The monoisotopic (exact) mass is 291 g/mol. The van der Waals surface area contributed by atoms with Crippen molar-refractivity contribution in [1.82, 2.24) is 19.3 Å². The predicted molar refractivity (Wildman–Crippen MR) is 71.0 cm³/mol. The molecule has 8 heteroatoms. The maximum absolute atomic E-state index is 12.1. The average molecular weight is 291 g/mol. The molecule has 20 heavy (non-hydrogen) atoms. The van der Waals surface area contributed by atoms with Gasteiger partial charge in [-0.1, -0.05) is 0 Å². The molecule has 0 aromatic carbocycles. The molecule has 2 heterocycles. The van der Waals surface area contributed by atoms with Crippen molar-refractivity contribution < 1.29 is 8.42 Å². The Hall–Kier alpha value is -2.24. The van der Waals surface area contributed by atoms with Crippen LogP contribution in [0.5, 0.6) is 0 Å². The normalized spacial score (nSPS) is 12.8. The minimum absolute atomic E-state index is 0.0361. The lowest BCUT2D eigenvalue weighted by molar-refractivity contribution is 0.520. The molecule has 0 bridgehead atoms. The van der Waals surface area contributed by atoms with Gasteiger partial charge >= 0.3 is 0 Å². The molecular weight excluding hydrogens is 278 g/mol. The van der Waals surface area contributed by atoms with Crippen LogP contribution in [0.4, 0.5) is 0 Å². The Balaban J connectivity index is 2.08. The Morgan fingerprint density at radius 2 is 2.30 bits per heavy atom. The molecule has 1 unspecified atom stereocenters. The van der Waals surface area contributed by atoms with Gasteiger partial charge in [-0.15, -0.1) is 0 Å². The quantitative estimate of drug-likeness (QED) is 0.865. The molecule has 0 fully saturated rings. The molecule has 2 aromatic rings. The van der Waals surface area contributed by atoms with Crippen LogP contribution in [-0.4, -0.2) is 29.0 Å². The van der Waals surface area contributed by atoms with E-state index in [1.807, 2.05) is 6.07 Å². The Bertz CT molecular complexity index is 701. The van der Waals surface area contributed by atoms with Crippen LogP contribution in [0, 0.1) is 11.3 Å². The standard InChI is InChI=1S/C12H13N5O2S/c1-10(8-17-5-4-14-9-17)16-20(18,19)12-3-2-11(6-13)15-7-12/h2-5,7,9-10,16H,8H2,1H3. The molecule has 1 N–H and O–H groups in total. The number of hydrogen-bond donors (Lipinski definition) is 1. The first-order valence-electron chi connectivity index (χ1n) is 5.85. The van der Waals surface area contributed by atoms with Crippen molar-refractivity contribution in [2.24, 2.45) is 0 Å². The summed E-state index contributed by atoms with van der Waals surface area (Å²) in [5.41, 5.74) is 0.176. The maximum Gasteiger partial charge on any atom is 0.242 e. The van der Waals surface area contributed by atoms with Gasteiger partial charge in [0.05, 0.1) is 6.33 Å². The third kappa shape index (κ3) is 3.40. The summed E-state index contributed by atoms with van der Waals surface area (Å²) in [5, 5.41) is 8.63. The zero-order chi connectivity index (χ0) is 14.6. The summed E-state index contributed by atoms with van der Waals surface area (Å²) in [6.07, 6.45) is 6.18. The molecule has 0 saturated heterocycles. The van der Waals surface area contributed by atoms with Crippen molar-refractivity contribution in [3.05, 3.63) is 42.7 Å². The van der Waals surface area contributed by atoms with E-state index in [0.29, 0.717) is 6.54 Å². The molecule has 7 nitrogen and oxygen atoms in total. The molecule has 0 saturated carbocycles. The van der Waals surface area contributed by atoms with Crippen molar-refractivity contribution in [3.63, 3.8) is 0 Å². The van der Waals surface area contributed by atoms with Gasteiger partial charge in [0.25, 0.3) is 0 Å². The molecule has 2 aromatic heterocycles. The van der Waals surface area contributed by atoms with E-state index in [9.17, 15) is 8.42 Å². The first-order chi connectivity index (χ1) is 9.51. The van der Waals surface area contributed by atoms with Crippen molar-refractivity contribution >= 4 is 10.0 Å². The molecule has 2 rings (SSSR count). The van der Waals surface area contributed by atoms with Gasteiger partial charge in [0.15, 0.2) is 0 Å². The summed E-state index contributed by atoms with van der Waals surface area (Å²) < 4.78 is 28.6. The Labute approximate surface area is 117 Å². The molecule has 1 atom stereocenters. The van der Waals surface area contributed by atoms with E-state index >= 15 is 0 Å². The third-order valence-corrected chi connectivity index (χ3v) is 4.14. The molecule has 0 amide bonds. The van der Waals surface area contributed by atoms with Crippen LogP contribution in [0.2, 0.25) is 0 Å². The average Bonchev–Trinajstić information content (AvgIpc) is 2.91. The number of nitriles is 1. The van der Waals surface area contributed by atoms with Crippen LogP contribution < -0.4 is 4.72 Å². The van der Waals surface area contributed by atoms with E-state index in [0.717, 1.165) is 0 Å². The van der Waals surface area contributed by atoms with Crippen LogP contribution in [0.25, 0.3) is 0 Å². The number of sulfonamides is 1. The predicted octanol–water partition coefficient (Wildman–Crippen LogP) is 0.517. The summed E-state index contributed by atoms with van der Waals surface area (Å²) in [5.74, 6) is 0. The van der Waals surface area contributed by atoms with Crippen molar-refractivity contribution in [2.45, 2.75) is 24.4 Å². The molecule has 0 spiro atoms. The summed E-state index contributed by atoms with van der Waals surface area (Å²) >= 11 is 0. The van der Waals surface area contributed by atoms with Crippen LogP contribution in [0.3, 0.4) is 0 Å². The maximum atomic E-state index is 12.1. The first kappa shape index (κ1) is 14.2. The van der Waals surface area contributed by atoms with Crippen LogP contribution >= 0.6 is 0 Å². The Morgan fingerprint density at radius 1 is 1.50 bits per heavy atom. The van der Waals surface area contributed by atoms with E-state index in [1.54, 1.807) is 30.2 Å². The van der Waals surface area contributed by atoms with E-state index < -0.39 is 10.0 Å². The van der Waals surface area contributed by atoms with E-state index in [2.05, 4.69) is 14.7 Å². The first-order valence-corrected chi connectivity index (χ1v) is 7.34. The minimum atomic E-state index is -3.64. The van der Waals surface area contributed by atoms with Crippen LogP contribution in [0.1, 0.15) is 12.6 Å². The molecule has 0 aliphatic rings. The second kappa shape index (κ2) is 5.81. The van der Waals surface area contributed by atoms with Gasteiger partial charge in [-0.05, 0) is 19.1 Å². The molecular formula is C12H13N5O2S. The van der Waals surface area contributed by atoms with Gasteiger partial charge in [0.1, 0.15) is 16.7 Å². The van der Waals surface area contributed by atoms with Gasteiger partial charge in [0.2, 0.25) is 10.0 Å². The Kier molecular flexibility index (Phi) is 4.12. The lowest BCUT2D eigenvalue weighted by atomic mass is 10.4. The fourth-order valence-electron chi connectivity index (χ4n) is 1.69. The lowest BCUT2D eigenvalue weighted by Crippen LogP contribution is -2.35. The summed E-state index contributed by atoms with van der Waals surface area (Å²) in [7, 11) is -3.64. The SMILES string of the molecule is CC(Cn1ccnc1)NS(=O)(=O)c1ccc(C#N)nc1. The fraction of sp³-hybridized carbons (Fsp3) is 0.250. The topological polar surface area (TPSA) is 101 Å². The number of rotatable bonds is 5. The van der Waals surface area contributed by atoms with Crippen molar-refractivity contribution in [1.29, 1.82) is 5.26 Å². The van der Waals surface area contributed by atoms with Gasteiger partial charge in [0, 0.05) is 31.2 Å². The van der Waals surface area contributed by atoms with Gasteiger partial charge in [-0.25, -0.2) is 23.1 Å². The zero-order valence-electron chi connectivity index (χ0n) is 10.8. The molecule has 104 valence electrons. The van der Waals surface area contributed by atoms with E-state index in [1.165, 1.54) is 18.3 Å². The number of hydrogen-bond acceptors (Lipinski definition) is 5. The Morgan fingerprint density at radius 3 is 2.85 bits per heavy atom. The molecule has 0 radical (unpaired) electrons. The largest absolute Gasteiger partial charge is 0.336 e. The fourth-order valence-corrected chi connectivity index (χ4v) is 2.87. The summed E-state index contributed by atoms with van der Waals surface area (Å²) in [6, 6.07) is 4.27. The van der Waals surface area contributed by atoms with E-state index in [4.69, 9.17) is 5.26 Å². The van der Waals surface area contributed by atoms with Gasteiger partial charge < -0.3 is 4.57 Å². The zero-order valence-corrected chi connectivity index (χ0v) is 11.6. The highest BCUT2D eigenvalue weighted by Crippen LogP contribution is 2.08. The van der Waals surface area contributed by atoms with Crippen LogP contribution in [0.15, 0.2) is 41.9 Å². The highest BCUT2D eigenvalue weighted by molar-refractivity contribution is 7.89. The summed E-state index contributed by atoms with van der Waals surface area (Å²) in [4.78, 5) is 7.68. The highest BCUT2D eigenvalue weighted by atomic mass is 32.2. The smallest absolute Gasteiger partial charge is 0.242 e. The van der Waals surface area contributed by atoms with Gasteiger partial charge in [-0.2, -0.15) is 5.26 Å². The van der Waals surface area contributed by atoms with Crippen molar-refractivity contribution in [2.75, 3.05) is 0 Å². The number of imidazole rings is 1. The second-order valence-corrected chi connectivity index (χ2v) is 5.99. The van der Waals surface area contributed by atoms with E-state index in [-0.39, 0.29) is 16.6 Å².